The quantitative estimate of drug-likeness (QED) is 0.799. The van der Waals surface area contributed by atoms with Crippen LogP contribution in [-0.4, -0.2) is 24.4 Å². The first kappa shape index (κ1) is 14.4. The highest BCUT2D eigenvalue weighted by atomic mass is 16.7. The third kappa shape index (κ3) is 1.52. The number of aliphatic hydroxyl groups excluding tert-OH is 1. The highest BCUT2D eigenvalue weighted by molar-refractivity contribution is 5.52. The van der Waals surface area contributed by atoms with Gasteiger partial charge in [0.2, 0.25) is 0 Å². The summed E-state index contributed by atoms with van der Waals surface area (Å²) in [5, 5.41) is 10.6. The van der Waals surface area contributed by atoms with Gasteiger partial charge in [0.05, 0.1) is 19.3 Å². The Hall–Kier alpha value is -0.900. The lowest BCUT2D eigenvalue weighted by Gasteiger charge is -2.65. The summed E-state index contributed by atoms with van der Waals surface area (Å²) in [6.45, 7) is 8.15. The van der Waals surface area contributed by atoms with Crippen LogP contribution in [0.1, 0.15) is 55.4 Å². The van der Waals surface area contributed by atoms with Crippen LogP contribution < -0.4 is 0 Å². The van der Waals surface area contributed by atoms with Crippen molar-refractivity contribution in [2.45, 2.75) is 63.8 Å². The number of ether oxygens (including phenoxy) is 2. The lowest BCUT2D eigenvalue weighted by molar-refractivity contribution is -0.328. The van der Waals surface area contributed by atoms with E-state index in [0.717, 1.165) is 38.9 Å². The normalized spacial score (nSPS) is 43.0. The largest absolute Gasteiger partial charge is 0.393 e. The Morgan fingerprint density at radius 1 is 1.22 bits per heavy atom. The van der Waals surface area contributed by atoms with Crippen LogP contribution in [0.4, 0.5) is 0 Å². The molecule has 1 aromatic carbocycles. The van der Waals surface area contributed by atoms with Gasteiger partial charge in [-0.3, -0.25) is 0 Å². The van der Waals surface area contributed by atoms with Crippen LogP contribution in [0.3, 0.4) is 0 Å². The Morgan fingerprint density at radius 2 is 2.04 bits per heavy atom. The fraction of sp³-hybridized carbons (Fsp3) is 0.700. The van der Waals surface area contributed by atoms with Crippen LogP contribution in [0.2, 0.25) is 0 Å². The first-order chi connectivity index (χ1) is 10.9. The second kappa shape index (κ2) is 4.19. The van der Waals surface area contributed by atoms with Crippen LogP contribution in [0.25, 0.3) is 0 Å². The Bertz CT molecular complexity index is 694. The van der Waals surface area contributed by atoms with Crippen LogP contribution in [0.5, 0.6) is 0 Å². The van der Waals surface area contributed by atoms with Crippen molar-refractivity contribution in [1.29, 1.82) is 0 Å². The summed E-state index contributed by atoms with van der Waals surface area (Å²) < 4.78 is 12.7. The van der Waals surface area contributed by atoms with Crippen molar-refractivity contribution < 1.29 is 14.6 Å². The highest BCUT2D eigenvalue weighted by Gasteiger charge is 2.66. The standard InChI is InChI=1S/C20H26O3/c1-12-4-5-14-17-13(12)7-9-22-20(17)10-15-18(2,3)16(21)6-8-19(14,15)11-23-20/h4-5,15-16,21H,6-11H2,1-3H3/t15?,16-,19-,20-/m0/s1. The van der Waals surface area contributed by atoms with E-state index >= 15 is 0 Å². The van der Waals surface area contributed by atoms with E-state index in [-0.39, 0.29) is 16.9 Å². The third-order valence-corrected chi connectivity index (χ3v) is 7.48. The maximum atomic E-state index is 10.6. The summed E-state index contributed by atoms with van der Waals surface area (Å²) in [6, 6.07) is 4.62. The van der Waals surface area contributed by atoms with Gasteiger partial charge < -0.3 is 14.6 Å². The van der Waals surface area contributed by atoms with Gasteiger partial charge in [0, 0.05) is 17.4 Å². The van der Waals surface area contributed by atoms with E-state index in [1.54, 1.807) is 0 Å². The first-order valence-corrected chi connectivity index (χ1v) is 9.00. The van der Waals surface area contributed by atoms with Gasteiger partial charge in [0.25, 0.3) is 0 Å². The van der Waals surface area contributed by atoms with Crippen molar-refractivity contribution in [3.8, 4) is 0 Å². The molecule has 1 aromatic rings. The maximum absolute atomic E-state index is 10.6. The third-order valence-electron chi connectivity index (χ3n) is 7.48. The van der Waals surface area contributed by atoms with Gasteiger partial charge in [0.15, 0.2) is 5.79 Å². The van der Waals surface area contributed by atoms with Crippen molar-refractivity contribution in [2.75, 3.05) is 13.2 Å². The molecule has 0 amide bonds. The Balaban J connectivity index is 1.80. The maximum Gasteiger partial charge on any atom is 0.195 e. The Kier molecular flexibility index (Phi) is 2.63. The zero-order valence-electron chi connectivity index (χ0n) is 14.3. The second-order valence-corrected chi connectivity index (χ2v) is 8.71. The summed E-state index contributed by atoms with van der Waals surface area (Å²) in [6.07, 6.45) is 3.54. The van der Waals surface area contributed by atoms with E-state index in [4.69, 9.17) is 9.47 Å². The van der Waals surface area contributed by atoms with Gasteiger partial charge in [0.1, 0.15) is 0 Å². The Morgan fingerprint density at radius 3 is 2.87 bits per heavy atom. The molecular formula is C20H26O3. The van der Waals surface area contributed by atoms with Crippen LogP contribution >= 0.6 is 0 Å². The minimum atomic E-state index is -0.560. The van der Waals surface area contributed by atoms with Gasteiger partial charge >= 0.3 is 0 Å². The first-order valence-electron chi connectivity index (χ1n) is 9.00. The molecule has 2 fully saturated rings. The van der Waals surface area contributed by atoms with Crippen LogP contribution in [0, 0.1) is 18.3 Å². The van der Waals surface area contributed by atoms with Gasteiger partial charge in [-0.1, -0.05) is 26.0 Å². The zero-order chi connectivity index (χ0) is 16.0. The fourth-order valence-electron chi connectivity index (χ4n) is 6.08. The van der Waals surface area contributed by atoms with Gasteiger partial charge in [-0.15, -0.1) is 0 Å². The number of fused-ring (bicyclic) bond motifs is 1. The van der Waals surface area contributed by atoms with Crippen molar-refractivity contribution in [3.05, 3.63) is 34.4 Å². The molecule has 3 heteroatoms. The summed E-state index contributed by atoms with van der Waals surface area (Å²) in [4.78, 5) is 0. The van der Waals surface area contributed by atoms with E-state index in [9.17, 15) is 5.11 Å². The second-order valence-electron chi connectivity index (χ2n) is 8.71. The smallest absolute Gasteiger partial charge is 0.195 e. The molecule has 1 unspecified atom stereocenters. The van der Waals surface area contributed by atoms with Crippen molar-refractivity contribution in [3.63, 3.8) is 0 Å². The minimum Gasteiger partial charge on any atom is -0.393 e. The molecule has 3 aliphatic heterocycles. The van der Waals surface area contributed by atoms with Gasteiger partial charge in [-0.25, -0.2) is 0 Å². The molecule has 23 heavy (non-hydrogen) atoms. The Labute approximate surface area is 138 Å². The zero-order valence-corrected chi connectivity index (χ0v) is 14.3. The van der Waals surface area contributed by atoms with Gasteiger partial charge in [-0.05, 0) is 54.2 Å². The average Bonchev–Trinajstić information content (AvgIpc) is 2.54. The fourth-order valence-corrected chi connectivity index (χ4v) is 6.08. The van der Waals surface area contributed by atoms with E-state index in [1.165, 1.54) is 22.3 Å². The molecule has 124 valence electrons. The lowest BCUT2D eigenvalue weighted by Crippen LogP contribution is -2.66. The minimum absolute atomic E-state index is 0.0585. The van der Waals surface area contributed by atoms with Crippen molar-refractivity contribution in [2.24, 2.45) is 11.3 Å². The number of aliphatic hydroxyl groups is 1. The van der Waals surface area contributed by atoms with E-state index < -0.39 is 5.79 Å². The molecule has 6 rings (SSSR count). The van der Waals surface area contributed by atoms with Gasteiger partial charge in [-0.2, -0.15) is 0 Å². The van der Waals surface area contributed by atoms with E-state index in [1.807, 2.05) is 0 Å². The van der Waals surface area contributed by atoms with Crippen LogP contribution in [0.15, 0.2) is 12.1 Å². The van der Waals surface area contributed by atoms with Crippen molar-refractivity contribution >= 4 is 0 Å². The summed E-state index contributed by atoms with van der Waals surface area (Å²) >= 11 is 0. The molecule has 3 nitrogen and oxygen atoms in total. The number of hydrogen-bond donors (Lipinski definition) is 1. The lowest BCUT2D eigenvalue weighted by atomic mass is 9.46. The molecule has 2 bridgehead atoms. The highest BCUT2D eigenvalue weighted by Crippen LogP contribution is 2.66. The number of benzene rings is 1. The predicted molar refractivity (Wildman–Crippen MR) is 87.3 cm³/mol. The predicted octanol–water partition coefficient (Wildman–Crippen LogP) is 3.19. The molecule has 1 saturated carbocycles. The topological polar surface area (TPSA) is 38.7 Å². The number of rotatable bonds is 0. The summed E-state index contributed by atoms with van der Waals surface area (Å²) in [7, 11) is 0. The molecule has 4 atom stereocenters. The SMILES string of the molecule is Cc1ccc2c3c1CCO[C@]31CC3C(C)(C)[C@@H](O)CC[C@]23CO1. The number of hydrogen-bond acceptors (Lipinski definition) is 3. The molecule has 0 aromatic heterocycles. The molecule has 2 spiro atoms. The average molecular weight is 314 g/mol. The summed E-state index contributed by atoms with van der Waals surface area (Å²) in [5.41, 5.74) is 5.58. The molecule has 3 heterocycles. The van der Waals surface area contributed by atoms with Crippen molar-refractivity contribution in [1.82, 2.24) is 0 Å². The molecule has 1 saturated heterocycles. The monoisotopic (exact) mass is 314 g/mol. The molecule has 5 aliphatic rings. The molecule has 2 aliphatic carbocycles. The van der Waals surface area contributed by atoms with E-state index in [2.05, 4.69) is 32.9 Å². The van der Waals surface area contributed by atoms with E-state index in [0.29, 0.717) is 5.92 Å². The van der Waals surface area contributed by atoms with Crippen LogP contribution in [-0.2, 0) is 27.1 Å². The number of aryl methyl sites for hydroxylation is 1. The summed E-state index contributed by atoms with van der Waals surface area (Å²) in [5.74, 6) is -0.149. The molecular weight excluding hydrogens is 288 g/mol. The molecule has 0 radical (unpaired) electrons. The molecule has 1 N–H and O–H groups in total.